The maximum absolute atomic E-state index is 5.94. The first kappa shape index (κ1) is 11.7. The largest absolute Gasteiger partial charge is 0.396 e. The van der Waals surface area contributed by atoms with Gasteiger partial charge < -0.3 is 5.73 Å². The summed E-state index contributed by atoms with van der Waals surface area (Å²) < 4.78 is 1.86. The maximum Gasteiger partial charge on any atom is 0.0736 e. The highest BCUT2D eigenvalue weighted by atomic mass is 15.3. The zero-order valence-corrected chi connectivity index (χ0v) is 10.9. The van der Waals surface area contributed by atoms with Crippen molar-refractivity contribution in [2.45, 2.75) is 27.2 Å². The van der Waals surface area contributed by atoms with Crippen molar-refractivity contribution in [3.63, 3.8) is 0 Å². The minimum absolute atomic E-state index is 0.770. The molecule has 0 saturated carbocycles. The van der Waals surface area contributed by atoms with Gasteiger partial charge in [0.05, 0.1) is 17.6 Å². The van der Waals surface area contributed by atoms with E-state index in [1.165, 1.54) is 22.3 Å². The molecule has 0 unspecified atom stereocenters. The lowest BCUT2D eigenvalue weighted by atomic mass is 9.96. The molecule has 1 aromatic carbocycles. The summed E-state index contributed by atoms with van der Waals surface area (Å²) in [6, 6.07) is 4.43. The summed E-state index contributed by atoms with van der Waals surface area (Å²) in [7, 11) is 1.94. The first-order chi connectivity index (χ1) is 7.99. The number of benzene rings is 1. The van der Waals surface area contributed by atoms with Crippen LogP contribution < -0.4 is 5.73 Å². The average molecular weight is 229 g/mol. The number of nitrogens with zero attached hydrogens (tertiary/aromatic N) is 2. The molecule has 2 aromatic rings. The molecule has 90 valence electrons. The fourth-order valence-electron chi connectivity index (χ4n) is 2.35. The van der Waals surface area contributed by atoms with E-state index < -0.39 is 0 Å². The third-order valence-electron chi connectivity index (χ3n) is 3.28. The van der Waals surface area contributed by atoms with E-state index in [1.54, 1.807) is 6.20 Å². The lowest BCUT2D eigenvalue weighted by Gasteiger charge is -2.12. The highest BCUT2D eigenvalue weighted by Gasteiger charge is 2.10. The number of rotatable bonds is 2. The molecule has 3 heteroatoms. The fourth-order valence-corrected chi connectivity index (χ4v) is 2.35. The van der Waals surface area contributed by atoms with Gasteiger partial charge in [0.25, 0.3) is 0 Å². The van der Waals surface area contributed by atoms with Crippen molar-refractivity contribution >= 4 is 5.69 Å². The molecule has 0 atom stereocenters. The van der Waals surface area contributed by atoms with Crippen LogP contribution in [-0.4, -0.2) is 9.78 Å². The Morgan fingerprint density at radius 1 is 1.18 bits per heavy atom. The Balaban J connectivity index is 2.43. The van der Waals surface area contributed by atoms with Gasteiger partial charge in [0.2, 0.25) is 0 Å². The van der Waals surface area contributed by atoms with Crippen LogP contribution in [0.1, 0.15) is 27.9 Å². The van der Waals surface area contributed by atoms with Crippen molar-refractivity contribution in [1.82, 2.24) is 9.78 Å². The van der Waals surface area contributed by atoms with Crippen LogP contribution in [0.15, 0.2) is 18.3 Å². The van der Waals surface area contributed by atoms with Gasteiger partial charge in [-0.2, -0.15) is 5.10 Å². The molecule has 0 aliphatic heterocycles. The van der Waals surface area contributed by atoms with Crippen LogP contribution in [0.25, 0.3) is 0 Å². The van der Waals surface area contributed by atoms with Crippen LogP contribution in [-0.2, 0) is 13.5 Å². The SMILES string of the molecule is Cc1cc(C)c(Cc2c(N)cnn2C)c(C)c1. The molecule has 0 amide bonds. The Morgan fingerprint density at radius 2 is 1.76 bits per heavy atom. The molecule has 0 spiro atoms. The first-order valence-electron chi connectivity index (χ1n) is 5.82. The molecule has 0 saturated heterocycles. The van der Waals surface area contributed by atoms with Crippen LogP contribution >= 0.6 is 0 Å². The van der Waals surface area contributed by atoms with Crippen LogP contribution in [0.3, 0.4) is 0 Å². The van der Waals surface area contributed by atoms with Gasteiger partial charge in [-0.1, -0.05) is 17.7 Å². The van der Waals surface area contributed by atoms with E-state index in [2.05, 4.69) is 38.0 Å². The second-order valence-electron chi connectivity index (χ2n) is 4.72. The zero-order valence-electron chi connectivity index (χ0n) is 10.9. The van der Waals surface area contributed by atoms with E-state index in [-0.39, 0.29) is 0 Å². The Morgan fingerprint density at radius 3 is 2.24 bits per heavy atom. The van der Waals surface area contributed by atoms with Crippen LogP contribution in [0.5, 0.6) is 0 Å². The van der Waals surface area contributed by atoms with E-state index in [0.717, 1.165) is 17.8 Å². The lowest BCUT2D eigenvalue weighted by molar-refractivity contribution is 0.723. The summed E-state index contributed by atoms with van der Waals surface area (Å²) in [6.07, 6.45) is 2.56. The molecule has 0 radical (unpaired) electrons. The van der Waals surface area contributed by atoms with Gasteiger partial charge in [-0.3, -0.25) is 4.68 Å². The summed E-state index contributed by atoms with van der Waals surface area (Å²) in [5.74, 6) is 0. The van der Waals surface area contributed by atoms with E-state index in [0.29, 0.717) is 0 Å². The van der Waals surface area contributed by atoms with Gasteiger partial charge in [0, 0.05) is 13.5 Å². The monoisotopic (exact) mass is 229 g/mol. The van der Waals surface area contributed by atoms with E-state index in [9.17, 15) is 0 Å². The van der Waals surface area contributed by atoms with Gasteiger partial charge in [-0.25, -0.2) is 0 Å². The Hall–Kier alpha value is -1.77. The molecule has 2 rings (SSSR count). The minimum atomic E-state index is 0.770. The zero-order chi connectivity index (χ0) is 12.6. The second-order valence-corrected chi connectivity index (χ2v) is 4.72. The normalized spacial score (nSPS) is 10.8. The number of hydrogen-bond acceptors (Lipinski definition) is 2. The number of hydrogen-bond donors (Lipinski definition) is 1. The van der Waals surface area contributed by atoms with Crippen molar-refractivity contribution in [2.24, 2.45) is 7.05 Å². The summed E-state index contributed by atoms with van der Waals surface area (Å²) >= 11 is 0. The number of nitrogen functional groups attached to an aromatic ring is 1. The van der Waals surface area contributed by atoms with Crippen molar-refractivity contribution < 1.29 is 0 Å². The van der Waals surface area contributed by atoms with Gasteiger partial charge >= 0.3 is 0 Å². The van der Waals surface area contributed by atoms with Crippen LogP contribution in [0.4, 0.5) is 5.69 Å². The lowest BCUT2D eigenvalue weighted by Crippen LogP contribution is -2.04. The highest BCUT2D eigenvalue weighted by Crippen LogP contribution is 2.22. The number of nitrogens with two attached hydrogens (primary N) is 1. The molecule has 0 bridgehead atoms. The first-order valence-corrected chi connectivity index (χ1v) is 5.82. The standard InChI is InChI=1S/C14H19N3/c1-9-5-10(2)12(11(3)6-9)7-14-13(15)8-16-17(14)4/h5-6,8H,7,15H2,1-4H3. The highest BCUT2D eigenvalue weighted by molar-refractivity contribution is 5.47. The average Bonchev–Trinajstić information content (AvgIpc) is 2.53. The second kappa shape index (κ2) is 4.24. The maximum atomic E-state index is 5.94. The third kappa shape index (κ3) is 2.18. The van der Waals surface area contributed by atoms with Gasteiger partial charge in [0.1, 0.15) is 0 Å². The summed E-state index contributed by atoms with van der Waals surface area (Å²) in [4.78, 5) is 0. The number of anilines is 1. The van der Waals surface area contributed by atoms with Gasteiger partial charge in [-0.05, 0) is 37.5 Å². The smallest absolute Gasteiger partial charge is 0.0736 e. The minimum Gasteiger partial charge on any atom is -0.396 e. The van der Waals surface area contributed by atoms with E-state index in [1.807, 2.05) is 11.7 Å². The Bertz CT molecular complexity index is 510. The van der Waals surface area contributed by atoms with Gasteiger partial charge in [0.15, 0.2) is 0 Å². The predicted octanol–water partition coefficient (Wildman–Crippen LogP) is 2.52. The van der Waals surface area contributed by atoms with Crippen molar-refractivity contribution in [3.05, 3.63) is 46.3 Å². The Kier molecular flexibility index (Phi) is 2.92. The van der Waals surface area contributed by atoms with Crippen molar-refractivity contribution in [3.8, 4) is 0 Å². The molecular weight excluding hydrogens is 210 g/mol. The van der Waals surface area contributed by atoms with E-state index in [4.69, 9.17) is 5.73 Å². The van der Waals surface area contributed by atoms with Gasteiger partial charge in [-0.15, -0.1) is 0 Å². The molecule has 0 aliphatic rings. The number of aryl methyl sites for hydroxylation is 4. The quantitative estimate of drug-likeness (QED) is 0.860. The third-order valence-corrected chi connectivity index (χ3v) is 3.28. The molecule has 0 aliphatic carbocycles. The van der Waals surface area contributed by atoms with Crippen LogP contribution in [0.2, 0.25) is 0 Å². The molecular formula is C14H19N3. The van der Waals surface area contributed by atoms with Crippen molar-refractivity contribution in [2.75, 3.05) is 5.73 Å². The predicted molar refractivity (Wildman–Crippen MR) is 71.1 cm³/mol. The number of aromatic nitrogens is 2. The molecule has 3 nitrogen and oxygen atoms in total. The van der Waals surface area contributed by atoms with Crippen LogP contribution in [0, 0.1) is 20.8 Å². The molecule has 17 heavy (non-hydrogen) atoms. The van der Waals surface area contributed by atoms with E-state index >= 15 is 0 Å². The molecule has 0 fully saturated rings. The van der Waals surface area contributed by atoms with Crippen molar-refractivity contribution in [1.29, 1.82) is 0 Å². The molecule has 1 aromatic heterocycles. The topological polar surface area (TPSA) is 43.8 Å². The summed E-state index contributed by atoms with van der Waals surface area (Å²) in [5.41, 5.74) is 13.1. The summed E-state index contributed by atoms with van der Waals surface area (Å²) in [5, 5.41) is 4.18. The molecule has 2 N–H and O–H groups in total. The fraction of sp³-hybridized carbons (Fsp3) is 0.357. The molecule has 1 heterocycles. The Labute approximate surface area is 102 Å². The summed E-state index contributed by atoms with van der Waals surface area (Å²) in [6.45, 7) is 6.44.